The van der Waals surface area contributed by atoms with Gasteiger partial charge in [-0.1, -0.05) is 19.9 Å². The first-order valence-electron chi connectivity index (χ1n) is 10.6. The summed E-state index contributed by atoms with van der Waals surface area (Å²) in [6, 6.07) is 8.73. The molecule has 0 aromatic carbocycles. The summed E-state index contributed by atoms with van der Waals surface area (Å²) in [6.45, 7) is 7.08. The van der Waals surface area contributed by atoms with Gasteiger partial charge in [-0.25, -0.2) is 0 Å². The molecule has 0 spiro atoms. The number of pyridine rings is 1. The number of fused-ring (bicyclic) bond motifs is 1. The Morgan fingerprint density at radius 2 is 2.00 bits per heavy atom. The van der Waals surface area contributed by atoms with E-state index in [0.29, 0.717) is 18.0 Å². The Morgan fingerprint density at radius 1 is 1.16 bits per heavy atom. The average Bonchev–Trinajstić information content (AvgIpc) is 3.35. The topological polar surface area (TPSA) is 109 Å². The van der Waals surface area contributed by atoms with Crippen molar-refractivity contribution in [1.82, 2.24) is 30.0 Å². The van der Waals surface area contributed by atoms with E-state index in [1.165, 1.54) is 0 Å². The van der Waals surface area contributed by atoms with Gasteiger partial charge in [-0.15, -0.1) is 10.2 Å². The Labute approximate surface area is 181 Å². The normalized spacial score (nSPS) is 15.5. The largest absolute Gasteiger partial charge is 0.462 e. The van der Waals surface area contributed by atoms with Crippen LogP contribution < -0.4 is 5.32 Å². The Hall–Kier alpha value is -3.04. The van der Waals surface area contributed by atoms with E-state index in [0.717, 1.165) is 43.5 Å². The third-order valence-electron chi connectivity index (χ3n) is 5.53. The van der Waals surface area contributed by atoms with Crippen LogP contribution in [0.2, 0.25) is 0 Å². The fourth-order valence-corrected chi connectivity index (χ4v) is 3.83. The third-order valence-corrected chi connectivity index (χ3v) is 5.53. The number of carbonyl (C=O) groups excluding carboxylic acids is 1. The molecule has 3 aromatic heterocycles. The molecule has 0 fully saturated rings. The van der Waals surface area contributed by atoms with Gasteiger partial charge in [0.1, 0.15) is 29.6 Å². The van der Waals surface area contributed by atoms with Gasteiger partial charge in [0, 0.05) is 32.3 Å². The van der Waals surface area contributed by atoms with E-state index in [1.807, 2.05) is 6.07 Å². The molecule has 9 nitrogen and oxygen atoms in total. The quantitative estimate of drug-likeness (QED) is 0.596. The number of carbonyl (C=O) groups is 1. The van der Waals surface area contributed by atoms with E-state index in [1.54, 1.807) is 30.5 Å². The van der Waals surface area contributed by atoms with Crippen LogP contribution >= 0.6 is 0 Å². The minimum Gasteiger partial charge on any atom is -0.462 e. The Morgan fingerprint density at radius 3 is 2.71 bits per heavy atom. The van der Waals surface area contributed by atoms with E-state index in [-0.39, 0.29) is 24.5 Å². The van der Waals surface area contributed by atoms with Crippen LogP contribution in [0.3, 0.4) is 0 Å². The van der Waals surface area contributed by atoms with Crippen LogP contribution in [0.1, 0.15) is 53.5 Å². The number of rotatable bonds is 7. The molecule has 0 unspecified atom stereocenters. The molecule has 1 amide bonds. The van der Waals surface area contributed by atoms with E-state index < -0.39 is 0 Å². The van der Waals surface area contributed by atoms with Crippen LogP contribution in [-0.2, 0) is 26.1 Å². The second-order valence-corrected chi connectivity index (χ2v) is 8.09. The first-order chi connectivity index (χ1) is 15.0. The van der Waals surface area contributed by atoms with Crippen LogP contribution in [0, 0.1) is 5.92 Å². The summed E-state index contributed by atoms with van der Waals surface area (Å²) in [6.07, 6.45) is 2.37. The molecule has 31 heavy (non-hydrogen) atoms. The van der Waals surface area contributed by atoms with Crippen LogP contribution in [0.25, 0.3) is 0 Å². The fraction of sp³-hybridized carbons (Fsp3) is 0.455. The molecule has 0 radical (unpaired) electrons. The maximum Gasteiger partial charge on any atom is 0.270 e. The number of hydrogen-bond donors (Lipinski definition) is 2. The molecular formula is C22H28N6O3. The molecule has 9 heteroatoms. The Bertz CT molecular complexity index is 1010. The molecule has 4 heterocycles. The van der Waals surface area contributed by atoms with Gasteiger partial charge < -0.3 is 19.4 Å². The fourth-order valence-electron chi connectivity index (χ4n) is 3.83. The lowest BCUT2D eigenvalue weighted by molar-refractivity contribution is 0.0916. The second kappa shape index (κ2) is 9.40. The monoisotopic (exact) mass is 424 g/mol. The molecule has 1 aliphatic heterocycles. The average molecular weight is 425 g/mol. The van der Waals surface area contributed by atoms with Gasteiger partial charge >= 0.3 is 0 Å². The molecule has 1 atom stereocenters. The van der Waals surface area contributed by atoms with Gasteiger partial charge in [0.2, 0.25) is 0 Å². The lowest BCUT2D eigenvalue weighted by Crippen LogP contribution is -2.34. The zero-order valence-electron chi connectivity index (χ0n) is 17.9. The highest BCUT2D eigenvalue weighted by atomic mass is 16.4. The first kappa shape index (κ1) is 21.2. The molecular weight excluding hydrogens is 396 g/mol. The minimum atomic E-state index is -0.264. The van der Waals surface area contributed by atoms with Gasteiger partial charge in [0.25, 0.3) is 5.91 Å². The van der Waals surface area contributed by atoms with E-state index in [9.17, 15) is 9.90 Å². The number of aliphatic hydroxyl groups excluding tert-OH is 1. The van der Waals surface area contributed by atoms with Gasteiger partial charge in [-0.2, -0.15) is 0 Å². The number of amides is 1. The third kappa shape index (κ3) is 4.83. The number of aromatic nitrogens is 4. The SMILES string of the molecule is CC(C)[C@@H](NC(=O)c1ccccn1)c1nnc2n1CCN(Cc1ccc(CO)o1)CC2. The summed E-state index contributed by atoms with van der Waals surface area (Å²) < 4.78 is 7.76. The van der Waals surface area contributed by atoms with Gasteiger partial charge in [-0.3, -0.25) is 14.7 Å². The van der Waals surface area contributed by atoms with Gasteiger partial charge in [0.15, 0.2) is 5.82 Å². The van der Waals surface area contributed by atoms with E-state index in [4.69, 9.17) is 4.42 Å². The predicted molar refractivity (Wildman–Crippen MR) is 113 cm³/mol. The first-order valence-corrected chi connectivity index (χ1v) is 10.6. The van der Waals surface area contributed by atoms with Crippen LogP contribution in [-0.4, -0.2) is 48.8 Å². The number of nitrogens with zero attached hydrogens (tertiary/aromatic N) is 5. The summed E-state index contributed by atoms with van der Waals surface area (Å²) in [5.74, 6) is 3.03. The minimum absolute atomic E-state index is 0.0920. The number of hydrogen-bond acceptors (Lipinski definition) is 7. The van der Waals surface area contributed by atoms with Crippen LogP contribution in [0.4, 0.5) is 0 Å². The van der Waals surface area contributed by atoms with Crippen molar-refractivity contribution < 1.29 is 14.3 Å². The van der Waals surface area contributed by atoms with Crippen molar-refractivity contribution in [3.63, 3.8) is 0 Å². The van der Waals surface area contributed by atoms with E-state index in [2.05, 4.69) is 43.8 Å². The highest BCUT2D eigenvalue weighted by molar-refractivity contribution is 5.92. The lowest BCUT2D eigenvalue weighted by Gasteiger charge is -2.23. The van der Waals surface area contributed by atoms with E-state index >= 15 is 0 Å². The highest BCUT2D eigenvalue weighted by Crippen LogP contribution is 2.23. The van der Waals surface area contributed by atoms with Crippen molar-refractivity contribution in [2.24, 2.45) is 5.92 Å². The van der Waals surface area contributed by atoms with Crippen molar-refractivity contribution in [2.45, 2.75) is 46.0 Å². The van der Waals surface area contributed by atoms with Crippen LogP contribution in [0.5, 0.6) is 0 Å². The maximum atomic E-state index is 12.7. The number of aliphatic hydroxyl groups is 1. The highest BCUT2D eigenvalue weighted by Gasteiger charge is 2.28. The second-order valence-electron chi connectivity index (χ2n) is 8.09. The number of furan rings is 1. The van der Waals surface area contributed by atoms with Crippen molar-refractivity contribution in [1.29, 1.82) is 0 Å². The Kier molecular flexibility index (Phi) is 6.43. The summed E-state index contributed by atoms with van der Waals surface area (Å²) in [7, 11) is 0. The van der Waals surface area contributed by atoms with Gasteiger partial charge in [0.05, 0.1) is 12.6 Å². The molecule has 3 aromatic rings. The lowest BCUT2D eigenvalue weighted by atomic mass is 10.0. The van der Waals surface area contributed by atoms with Crippen LogP contribution in [0.15, 0.2) is 40.9 Å². The summed E-state index contributed by atoms with van der Waals surface area (Å²) in [4.78, 5) is 19.2. The molecule has 0 saturated carbocycles. The van der Waals surface area contributed by atoms with Crippen molar-refractivity contribution in [3.8, 4) is 0 Å². The zero-order valence-corrected chi connectivity index (χ0v) is 17.9. The Balaban J connectivity index is 1.47. The molecule has 0 saturated heterocycles. The molecule has 164 valence electrons. The molecule has 4 rings (SSSR count). The summed E-state index contributed by atoms with van der Waals surface area (Å²) >= 11 is 0. The van der Waals surface area contributed by atoms with Crippen molar-refractivity contribution in [3.05, 3.63) is 65.4 Å². The summed E-state index contributed by atoms with van der Waals surface area (Å²) in [5.41, 5.74) is 0.385. The van der Waals surface area contributed by atoms with Crippen molar-refractivity contribution in [2.75, 3.05) is 13.1 Å². The smallest absolute Gasteiger partial charge is 0.270 e. The molecule has 1 aliphatic rings. The molecule has 2 N–H and O–H groups in total. The molecule has 0 aliphatic carbocycles. The standard InChI is InChI=1S/C22H28N6O3/c1-15(2)20(24-22(30)18-5-3-4-9-23-18)21-26-25-19-8-10-27(11-12-28(19)21)13-16-6-7-17(14-29)31-16/h3-7,9,15,20,29H,8,10-14H2,1-2H3,(H,24,30)/t20-/m1/s1. The zero-order chi connectivity index (χ0) is 21.8. The summed E-state index contributed by atoms with van der Waals surface area (Å²) in [5, 5.41) is 21.1. The maximum absolute atomic E-state index is 12.7. The van der Waals surface area contributed by atoms with Gasteiger partial charge in [-0.05, 0) is 30.2 Å². The predicted octanol–water partition coefficient (Wildman–Crippen LogP) is 1.94. The molecule has 0 bridgehead atoms. The number of nitrogens with one attached hydrogen (secondary N) is 1. The van der Waals surface area contributed by atoms with Crippen molar-refractivity contribution >= 4 is 5.91 Å².